The zero-order chi connectivity index (χ0) is 13.9. The number of carbonyl (C=O) groups excluding carboxylic acids is 1. The number of Topliss-reactive ketones (excluding diaryl/α,β-unsaturated/α-hetero) is 1. The number of hydrogen-bond donors (Lipinski definition) is 0. The Morgan fingerprint density at radius 1 is 1.40 bits per heavy atom. The molecule has 2 aliphatic rings. The Bertz CT molecular complexity index is 474. The molecule has 6 nitrogen and oxygen atoms in total. The predicted molar refractivity (Wildman–Crippen MR) is 71.3 cm³/mol. The van der Waals surface area contributed by atoms with Gasteiger partial charge in [0, 0.05) is 19.5 Å². The predicted octanol–water partition coefficient (Wildman–Crippen LogP) is 1.69. The first-order valence-corrected chi connectivity index (χ1v) is 7.48. The fourth-order valence-electron chi connectivity index (χ4n) is 2.91. The summed E-state index contributed by atoms with van der Waals surface area (Å²) in [6.07, 6.45) is 3.35. The molecular weight excluding hydrogens is 258 g/mol. The third-order valence-corrected chi connectivity index (χ3v) is 4.20. The number of ketones is 1. The topological polar surface area (TPSA) is 68.5 Å². The van der Waals surface area contributed by atoms with E-state index in [0.29, 0.717) is 24.7 Å². The Labute approximate surface area is 118 Å². The van der Waals surface area contributed by atoms with Crippen molar-refractivity contribution in [2.45, 2.75) is 44.6 Å². The molecule has 3 rings (SSSR count). The van der Waals surface area contributed by atoms with Crippen molar-refractivity contribution in [2.75, 3.05) is 26.2 Å². The molecule has 0 bridgehead atoms. The summed E-state index contributed by atoms with van der Waals surface area (Å²) in [5.74, 6) is 1.08. The maximum Gasteiger partial charge on any atom is 0.237 e. The second-order valence-electron chi connectivity index (χ2n) is 5.51. The van der Waals surface area contributed by atoms with Crippen LogP contribution in [0.1, 0.15) is 56.3 Å². The van der Waals surface area contributed by atoms with Crippen LogP contribution in [0.25, 0.3) is 0 Å². The molecular formula is C14H21N3O3. The Hall–Kier alpha value is -1.27. The summed E-state index contributed by atoms with van der Waals surface area (Å²) in [5, 5.41) is 4.03. The second kappa shape index (κ2) is 6.01. The number of aromatic nitrogens is 2. The standard InChI is InChI=1S/C14H21N3O3/c1-2-17-7-8-19-12(9-17)13-15-14(20-16-13)10-5-3-4-6-11(10)18/h10,12H,2-9H2,1H3. The number of morpholine rings is 1. The monoisotopic (exact) mass is 279 g/mol. The van der Waals surface area contributed by atoms with Gasteiger partial charge in [0.05, 0.1) is 12.5 Å². The quantitative estimate of drug-likeness (QED) is 0.838. The van der Waals surface area contributed by atoms with Crippen molar-refractivity contribution >= 4 is 5.78 Å². The van der Waals surface area contributed by atoms with Gasteiger partial charge < -0.3 is 9.26 Å². The van der Waals surface area contributed by atoms with Crippen LogP contribution in [-0.2, 0) is 9.53 Å². The fourth-order valence-corrected chi connectivity index (χ4v) is 2.91. The molecule has 0 amide bonds. The molecule has 6 heteroatoms. The molecule has 0 N–H and O–H groups in total. The van der Waals surface area contributed by atoms with Crippen LogP contribution in [-0.4, -0.2) is 47.1 Å². The van der Waals surface area contributed by atoms with Crippen LogP contribution in [0.5, 0.6) is 0 Å². The van der Waals surface area contributed by atoms with Gasteiger partial charge in [-0.1, -0.05) is 18.5 Å². The van der Waals surface area contributed by atoms with Crippen molar-refractivity contribution in [3.8, 4) is 0 Å². The molecule has 2 atom stereocenters. The van der Waals surface area contributed by atoms with E-state index in [9.17, 15) is 4.79 Å². The zero-order valence-corrected chi connectivity index (χ0v) is 11.9. The minimum absolute atomic E-state index is 0.139. The number of nitrogens with zero attached hydrogens (tertiary/aromatic N) is 3. The van der Waals surface area contributed by atoms with Crippen LogP contribution < -0.4 is 0 Å². The lowest BCUT2D eigenvalue weighted by Gasteiger charge is -2.30. The van der Waals surface area contributed by atoms with Crippen LogP contribution in [0.2, 0.25) is 0 Å². The van der Waals surface area contributed by atoms with Gasteiger partial charge in [-0.3, -0.25) is 9.69 Å². The van der Waals surface area contributed by atoms with E-state index in [4.69, 9.17) is 9.26 Å². The number of hydrogen-bond acceptors (Lipinski definition) is 6. The highest BCUT2D eigenvalue weighted by Crippen LogP contribution is 2.30. The molecule has 2 unspecified atom stereocenters. The molecule has 0 spiro atoms. The number of rotatable bonds is 3. The Balaban J connectivity index is 1.71. The second-order valence-corrected chi connectivity index (χ2v) is 5.51. The Kier molecular flexibility index (Phi) is 4.12. The van der Waals surface area contributed by atoms with Crippen LogP contribution in [0.15, 0.2) is 4.52 Å². The summed E-state index contributed by atoms with van der Waals surface area (Å²) in [5.41, 5.74) is 0. The van der Waals surface area contributed by atoms with E-state index in [-0.39, 0.29) is 17.8 Å². The van der Waals surface area contributed by atoms with E-state index in [0.717, 1.165) is 38.9 Å². The van der Waals surface area contributed by atoms with E-state index >= 15 is 0 Å². The summed E-state index contributed by atoms with van der Waals surface area (Å²) < 4.78 is 11.0. The molecule has 20 heavy (non-hydrogen) atoms. The first kappa shape index (κ1) is 13.7. The number of carbonyl (C=O) groups is 1. The van der Waals surface area contributed by atoms with Crippen molar-refractivity contribution < 1.29 is 14.1 Å². The van der Waals surface area contributed by atoms with Crippen LogP contribution in [0.3, 0.4) is 0 Å². The largest absolute Gasteiger partial charge is 0.367 e. The van der Waals surface area contributed by atoms with Crippen LogP contribution in [0.4, 0.5) is 0 Å². The SMILES string of the molecule is CCN1CCOC(c2noc(C3CCCCC3=O)n2)C1. The number of likely N-dealkylation sites (N-methyl/N-ethyl adjacent to an activating group) is 1. The van der Waals surface area contributed by atoms with Gasteiger partial charge in [-0.15, -0.1) is 0 Å². The molecule has 1 saturated heterocycles. The van der Waals surface area contributed by atoms with E-state index in [1.165, 1.54) is 0 Å². The molecule has 1 aromatic rings. The smallest absolute Gasteiger partial charge is 0.237 e. The van der Waals surface area contributed by atoms with Gasteiger partial charge in [-0.25, -0.2) is 0 Å². The molecule has 1 aromatic heterocycles. The molecule has 0 aromatic carbocycles. The van der Waals surface area contributed by atoms with Gasteiger partial charge in [0.25, 0.3) is 0 Å². The number of ether oxygens (including phenoxy) is 1. The molecule has 2 fully saturated rings. The van der Waals surface area contributed by atoms with Crippen LogP contribution in [0, 0.1) is 0 Å². The third-order valence-electron chi connectivity index (χ3n) is 4.20. The van der Waals surface area contributed by atoms with Crippen molar-refractivity contribution in [1.82, 2.24) is 15.0 Å². The normalized spacial score (nSPS) is 28.8. The molecule has 110 valence electrons. The average molecular weight is 279 g/mol. The maximum atomic E-state index is 11.9. The first-order chi connectivity index (χ1) is 9.78. The van der Waals surface area contributed by atoms with Gasteiger partial charge in [-0.2, -0.15) is 4.98 Å². The van der Waals surface area contributed by atoms with Crippen LogP contribution >= 0.6 is 0 Å². The van der Waals surface area contributed by atoms with Crippen molar-refractivity contribution in [2.24, 2.45) is 0 Å². The van der Waals surface area contributed by atoms with Gasteiger partial charge in [0.15, 0.2) is 0 Å². The van der Waals surface area contributed by atoms with E-state index in [1.807, 2.05) is 0 Å². The minimum atomic E-state index is -0.198. The van der Waals surface area contributed by atoms with Gasteiger partial charge >= 0.3 is 0 Å². The van der Waals surface area contributed by atoms with E-state index in [1.54, 1.807) is 0 Å². The molecule has 1 aliphatic heterocycles. The molecule has 1 saturated carbocycles. The zero-order valence-electron chi connectivity index (χ0n) is 11.9. The molecule has 1 aliphatic carbocycles. The lowest BCUT2D eigenvalue weighted by Crippen LogP contribution is -2.38. The van der Waals surface area contributed by atoms with Crippen molar-refractivity contribution in [1.29, 1.82) is 0 Å². The lowest BCUT2D eigenvalue weighted by atomic mass is 9.88. The molecule has 2 heterocycles. The highest BCUT2D eigenvalue weighted by Gasteiger charge is 2.31. The minimum Gasteiger partial charge on any atom is -0.367 e. The Morgan fingerprint density at radius 3 is 3.10 bits per heavy atom. The van der Waals surface area contributed by atoms with E-state index < -0.39 is 0 Å². The average Bonchev–Trinajstić information content (AvgIpc) is 2.97. The highest BCUT2D eigenvalue weighted by molar-refractivity contribution is 5.85. The lowest BCUT2D eigenvalue weighted by molar-refractivity contribution is -0.122. The highest BCUT2D eigenvalue weighted by atomic mass is 16.5. The first-order valence-electron chi connectivity index (χ1n) is 7.48. The van der Waals surface area contributed by atoms with Crippen molar-refractivity contribution in [3.05, 3.63) is 11.7 Å². The Morgan fingerprint density at radius 2 is 2.30 bits per heavy atom. The summed E-state index contributed by atoms with van der Waals surface area (Å²) in [7, 11) is 0. The third kappa shape index (κ3) is 2.76. The maximum absolute atomic E-state index is 11.9. The summed E-state index contributed by atoms with van der Waals surface area (Å²) in [6.45, 7) is 5.54. The summed E-state index contributed by atoms with van der Waals surface area (Å²) in [4.78, 5) is 18.6. The summed E-state index contributed by atoms with van der Waals surface area (Å²) >= 11 is 0. The van der Waals surface area contributed by atoms with Gasteiger partial charge in [0.1, 0.15) is 11.9 Å². The van der Waals surface area contributed by atoms with Crippen molar-refractivity contribution in [3.63, 3.8) is 0 Å². The van der Waals surface area contributed by atoms with Gasteiger partial charge in [-0.05, 0) is 19.4 Å². The van der Waals surface area contributed by atoms with E-state index in [2.05, 4.69) is 22.0 Å². The molecule has 0 radical (unpaired) electrons. The van der Waals surface area contributed by atoms with Gasteiger partial charge in [0.2, 0.25) is 11.7 Å². The summed E-state index contributed by atoms with van der Waals surface area (Å²) in [6, 6.07) is 0. The fraction of sp³-hybridized carbons (Fsp3) is 0.786.